The largest absolute Gasteiger partial charge is 0.478 e. The number of carboxylic acid groups (broad SMARTS) is 2. The van der Waals surface area contributed by atoms with Crippen LogP contribution in [0.1, 0.15) is 42.2 Å². The van der Waals surface area contributed by atoms with E-state index in [9.17, 15) is 14.4 Å². The summed E-state index contributed by atoms with van der Waals surface area (Å²) in [5.41, 5.74) is 8.01. The molecule has 0 unspecified atom stereocenters. The number of carboxylic acids is 2. The fourth-order valence-corrected chi connectivity index (χ4v) is 2.53. The third-order valence-electron chi connectivity index (χ3n) is 4.25. The maximum Gasteiger partial charge on any atom is 0.394 e. The Kier molecular flexibility index (Phi) is 10.1. The number of carbonyl (C=O) groups excluding carboxylic acids is 1. The summed E-state index contributed by atoms with van der Waals surface area (Å²) < 4.78 is 31.6. The van der Waals surface area contributed by atoms with Gasteiger partial charge in [0.25, 0.3) is 5.91 Å². The number of rotatable bonds is 8. The van der Waals surface area contributed by atoms with Crippen molar-refractivity contribution >= 4 is 46.4 Å². The molecule has 0 saturated carbocycles. The lowest BCUT2D eigenvalue weighted by molar-refractivity contribution is 0.0686. The van der Waals surface area contributed by atoms with Crippen molar-refractivity contribution in [2.75, 3.05) is 5.43 Å². The summed E-state index contributed by atoms with van der Waals surface area (Å²) in [7, 11) is -4.67. The molecule has 3 aromatic rings. The average molecular weight is 528 g/mol. The maximum absolute atomic E-state index is 12.2. The molecule has 0 bridgehead atoms. The zero-order chi connectivity index (χ0) is 27.4. The summed E-state index contributed by atoms with van der Waals surface area (Å²) in [6.07, 6.45) is 2.96. The van der Waals surface area contributed by atoms with Gasteiger partial charge in [0.2, 0.25) is 0 Å². The quantitative estimate of drug-likeness (QED) is 0.143. The predicted molar refractivity (Wildman–Crippen MR) is 134 cm³/mol. The van der Waals surface area contributed by atoms with Crippen LogP contribution in [0.4, 0.5) is 5.69 Å². The molecule has 13 nitrogen and oxygen atoms in total. The van der Waals surface area contributed by atoms with Gasteiger partial charge >= 0.3 is 22.3 Å². The Morgan fingerprint density at radius 3 is 1.43 bits per heavy atom. The molecule has 0 aliphatic heterocycles. The molecule has 0 radical (unpaired) electrons. The van der Waals surface area contributed by atoms with Gasteiger partial charge in [-0.25, -0.2) is 15.0 Å². The molecule has 3 rings (SSSR count). The van der Waals surface area contributed by atoms with Crippen molar-refractivity contribution < 1.29 is 42.1 Å². The third-order valence-corrected chi connectivity index (χ3v) is 4.25. The fraction of sp³-hybridized carbons (Fsp3) is 0. The Labute approximate surface area is 210 Å². The monoisotopic (exact) mass is 528 g/mol. The highest BCUT2D eigenvalue weighted by molar-refractivity contribution is 7.79. The van der Waals surface area contributed by atoms with Gasteiger partial charge in [0, 0.05) is 5.56 Å². The normalized spacial score (nSPS) is 11.0. The van der Waals surface area contributed by atoms with Crippen LogP contribution >= 0.6 is 0 Å². The molecule has 0 atom stereocenters. The van der Waals surface area contributed by atoms with Gasteiger partial charge in [0.1, 0.15) is 0 Å². The molecule has 0 aliphatic rings. The van der Waals surface area contributed by atoms with Crippen molar-refractivity contribution in [3.8, 4) is 0 Å². The first-order valence-electron chi connectivity index (χ1n) is 10.0. The Hall–Kier alpha value is -4.92. The Morgan fingerprint density at radius 2 is 1.03 bits per heavy atom. The lowest BCUT2D eigenvalue weighted by atomic mass is 10.1. The number of hydrogen-bond acceptors (Lipinski definition) is 8. The number of hydrogen-bond donors (Lipinski definition) is 6. The van der Waals surface area contributed by atoms with E-state index >= 15 is 0 Å². The van der Waals surface area contributed by atoms with Gasteiger partial charge < -0.3 is 10.2 Å². The number of benzene rings is 3. The van der Waals surface area contributed by atoms with E-state index < -0.39 is 28.2 Å². The highest BCUT2D eigenvalue weighted by Gasteiger charge is 2.04. The number of anilines is 1. The highest BCUT2D eigenvalue weighted by Crippen LogP contribution is 2.10. The van der Waals surface area contributed by atoms with E-state index in [1.807, 2.05) is 0 Å². The van der Waals surface area contributed by atoms with Crippen LogP contribution in [0, 0.1) is 0 Å². The van der Waals surface area contributed by atoms with E-state index in [0.29, 0.717) is 16.8 Å². The molecule has 14 heteroatoms. The predicted octanol–water partition coefficient (Wildman–Crippen LogP) is 2.64. The number of aromatic carboxylic acids is 2. The first-order chi connectivity index (χ1) is 17.4. The maximum atomic E-state index is 12.2. The first kappa shape index (κ1) is 28.3. The summed E-state index contributed by atoms with van der Waals surface area (Å²) in [6, 6.07) is 18.9. The second kappa shape index (κ2) is 13.2. The lowest BCUT2D eigenvalue weighted by Crippen LogP contribution is -2.17. The molecule has 3 aromatic carbocycles. The van der Waals surface area contributed by atoms with Crippen LogP contribution < -0.4 is 10.9 Å². The van der Waals surface area contributed by atoms with E-state index in [4.69, 9.17) is 27.7 Å². The second-order valence-corrected chi connectivity index (χ2v) is 7.84. The third kappa shape index (κ3) is 10.9. The average Bonchev–Trinajstić information content (AvgIpc) is 2.84. The van der Waals surface area contributed by atoms with Gasteiger partial charge in [0.05, 0.1) is 29.2 Å². The van der Waals surface area contributed by atoms with Crippen LogP contribution in [0.25, 0.3) is 0 Å². The van der Waals surface area contributed by atoms with E-state index in [2.05, 4.69) is 21.1 Å². The van der Waals surface area contributed by atoms with Crippen LogP contribution in [0.2, 0.25) is 0 Å². The van der Waals surface area contributed by atoms with Gasteiger partial charge in [-0.15, -0.1) is 0 Å². The van der Waals surface area contributed by atoms with Crippen molar-refractivity contribution in [1.29, 1.82) is 0 Å². The summed E-state index contributed by atoms with van der Waals surface area (Å²) >= 11 is 0. The van der Waals surface area contributed by atoms with Crippen molar-refractivity contribution in [3.63, 3.8) is 0 Å². The Morgan fingerprint density at radius 1 is 0.649 bits per heavy atom. The van der Waals surface area contributed by atoms with Crippen molar-refractivity contribution in [2.24, 2.45) is 10.2 Å². The van der Waals surface area contributed by atoms with Crippen LogP contribution in [-0.4, -0.2) is 58.0 Å². The number of hydrazone groups is 2. The van der Waals surface area contributed by atoms with Gasteiger partial charge in [0.15, 0.2) is 0 Å². The van der Waals surface area contributed by atoms with Crippen molar-refractivity contribution in [2.45, 2.75) is 0 Å². The molecule has 192 valence electrons. The summed E-state index contributed by atoms with van der Waals surface area (Å²) in [4.78, 5) is 33.8. The minimum absolute atomic E-state index is 0.167. The van der Waals surface area contributed by atoms with Crippen molar-refractivity contribution in [3.05, 3.63) is 101 Å². The molecule has 0 fully saturated rings. The number of amides is 1. The summed E-state index contributed by atoms with van der Waals surface area (Å²) in [5, 5.41) is 25.7. The molecule has 0 aliphatic carbocycles. The summed E-state index contributed by atoms with van der Waals surface area (Å²) in [6.45, 7) is 0. The zero-order valence-electron chi connectivity index (χ0n) is 18.7. The van der Waals surface area contributed by atoms with E-state index in [1.165, 1.54) is 30.5 Å². The molecule has 0 aromatic heterocycles. The highest BCUT2D eigenvalue weighted by atomic mass is 32.3. The number of nitrogens with one attached hydrogen (secondary N) is 2. The van der Waals surface area contributed by atoms with E-state index in [0.717, 1.165) is 5.56 Å². The molecule has 6 N–H and O–H groups in total. The fourth-order valence-electron chi connectivity index (χ4n) is 2.53. The van der Waals surface area contributed by atoms with Crippen LogP contribution in [0.5, 0.6) is 0 Å². The molecule has 1 amide bonds. The van der Waals surface area contributed by atoms with Crippen molar-refractivity contribution in [1.82, 2.24) is 5.43 Å². The smallest absolute Gasteiger partial charge is 0.394 e. The molecular weight excluding hydrogens is 508 g/mol. The van der Waals surface area contributed by atoms with Gasteiger partial charge in [-0.3, -0.25) is 19.3 Å². The molecule has 37 heavy (non-hydrogen) atoms. The standard InChI is InChI=1S/C23H18N4O5.H2O4S/c28-21(27-25-14-16-3-7-19(8-4-16)23(31)32)17-9-11-20(12-10-17)26-24-13-15-1-5-18(6-2-15)22(29)30;1-5(2,3)4/h1-14,26H,(H,27,28)(H,29,30)(H,31,32);(H2,1,2,3,4). The summed E-state index contributed by atoms with van der Waals surface area (Å²) in [5.74, 6) is -2.41. The number of carbonyl (C=O) groups is 3. The van der Waals surface area contributed by atoms with Crippen LogP contribution in [0.15, 0.2) is 83.0 Å². The molecule has 0 spiro atoms. The first-order valence-corrected chi connectivity index (χ1v) is 11.4. The Bertz CT molecular complexity index is 1390. The van der Waals surface area contributed by atoms with Gasteiger partial charge in [-0.05, 0) is 59.7 Å². The van der Waals surface area contributed by atoms with Crippen LogP contribution in [-0.2, 0) is 10.4 Å². The van der Waals surface area contributed by atoms with Gasteiger partial charge in [-0.1, -0.05) is 24.3 Å². The van der Waals surface area contributed by atoms with E-state index in [1.54, 1.807) is 54.7 Å². The van der Waals surface area contributed by atoms with Crippen LogP contribution in [0.3, 0.4) is 0 Å². The number of nitrogens with zero attached hydrogens (tertiary/aromatic N) is 2. The Balaban J connectivity index is 0.000000877. The minimum atomic E-state index is -4.67. The lowest BCUT2D eigenvalue weighted by Gasteiger charge is -2.03. The SMILES string of the molecule is O=C(O)c1ccc(C=NNC(=O)c2ccc(NN=Cc3ccc(C(=O)O)cc3)cc2)cc1.O=S(=O)(O)O. The molecular formula is C23H20N4O9S. The molecule has 0 saturated heterocycles. The topological polar surface area (TPSA) is 215 Å². The minimum Gasteiger partial charge on any atom is -0.478 e. The zero-order valence-corrected chi connectivity index (χ0v) is 19.5. The second-order valence-electron chi connectivity index (χ2n) is 6.95. The van der Waals surface area contributed by atoms with E-state index in [-0.39, 0.29) is 11.1 Å². The van der Waals surface area contributed by atoms with Gasteiger partial charge in [-0.2, -0.15) is 18.6 Å². The molecule has 0 heterocycles.